The van der Waals surface area contributed by atoms with Crippen molar-refractivity contribution < 1.29 is 19.1 Å². The number of hydrogen-bond donors (Lipinski definition) is 0. The van der Waals surface area contributed by atoms with Crippen molar-refractivity contribution in [2.24, 2.45) is 5.92 Å². The highest BCUT2D eigenvalue weighted by Gasteiger charge is 2.39. The molecule has 0 fully saturated rings. The van der Waals surface area contributed by atoms with Crippen molar-refractivity contribution in [2.45, 2.75) is 18.7 Å². The molecule has 1 heterocycles. The highest BCUT2D eigenvalue weighted by molar-refractivity contribution is 8.04. The molecule has 1 aliphatic rings. The molecular weight excluding hydrogens is 386 g/mol. The van der Waals surface area contributed by atoms with Crippen LogP contribution in [0, 0.1) is 5.92 Å². The first-order chi connectivity index (χ1) is 14.0. The van der Waals surface area contributed by atoms with E-state index in [9.17, 15) is 9.59 Å². The average molecular weight is 412 g/mol. The third-order valence-electron chi connectivity index (χ3n) is 4.33. The van der Waals surface area contributed by atoms with E-state index in [0.717, 1.165) is 10.6 Å². The van der Waals surface area contributed by atoms with Gasteiger partial charge in [0.25, 0.3) is 11.8 Å². The first kappa shape index (κ1) is 21.1. The molecule has 152 valence electrons. The minimum atomic E-state index is -0.290. The van der Waals surface area contributed by atoms with Gasteiger partial charge in [0, 0.05) is 12.0 Å². The Morgan fingerprint density at radius 2 is 1.66 bits per heavy atom. The summed E-state index contributed by atoms with van der Waals surface area (Å²) in [6, 6.07) is 16.9. The number of nitrogens with zero attached hydrogens (tertiary/aromatic N) is 1. The number of benzene rings is 2. The van der Waals surface area contributed by atoms with Crippen molar-refractivity contribution in [1.29, 1.82) is 0 Å². The molecular formula is C23H25NO4S. The minimum Gasteiger partial charge on any atom is -0.493 e. The Bertz CT molecular complexity index is 891. The summed E-state index contributed by atoms with van der Waals surface area (Å²) < 4.78 is 10.8. The highest BCUT2D eigenvalue weighted by atomic mass is 32.2. The van der Waals surface area contributed by atoms with Gasteiger partial charge in [-0.2, -0.15) is 0 Å². The maximum Gasteiger partial charge on any atom is 0.268 e. The molecule has 1 aliphatic heterocycles. The van der Waals surface area contributed by atoms with Crippen molar-refractivity contribution in [3.8, 4) is 5.75 Å². The summed E-state index contributed by atoms with van der Waals surface area (Å²) in [5, 5.41) is 0. The van der Waals surface area contributed by atoms with Crippen LogP contribution < -0.4 is 4.74 Å². The summed E-state index contributed by atoms with van der Waals surface area (Å²) in [6.45, 7) is 5.33. The number of carbonyl (C=O) groups is 2. The molecule has 0 aromatic heterocycles. The van der Waals surface area contributed by atoms with Crippen LogP contribution in [0.4, 0.5) is 0 Å². The molecule has 5 nitrogen and oxygen atoms in total. The van der Waals surface area contributed by atoms with Crippen LogP contribution in [0.3, 0.4) is 0 Å². The zero-order valence-corrected chi connectivity index (χ0v) is 17.7. The summed E-state index contributed by atoms with van der Waals surface area (Å²) in [4.78, 5) is 28.7. The number of methoxy groups -OCH3 is 1. The molecule has 3 rings (SSSR count). The maximum atomic E-state index is 13.1. The second-order valence-corrected chi connectivity index (χ2v) is 8.19. The molecule has 0 saturated heterocycles. The number of amides is 2. The van der Waals surface area contributed by atoms with Crippen LogP contribution in [0.5, 0.6) is 5.75 Å². The van der Waals surface area contributed by atoms with Gasteiger partial charge in [-0.3, -0.25) is 14.5 Å². The van der Waals surface area contributed by atoms with Crippen molar-refractivity contribution in [3.63, 3.8) is 0 Å². The molecule has 29 heavy (non-hydrogen) atoms. The van der Waals surface area contributed by atoms with E-state index in [1.54, 1.807) is 7.11 Å². The number of hydrogen-bond acceptors (Lipinski definition) is 5. The van der Waals surface area contributed by atoms with Crippen LogP contribution >= 0.6 is 11.8 Å². The third-order valence-corrected chi connectivity index (χ3v) is 5.42. The molecule has 0 unspecified atom stereocenters. The normalized spacial score (nSPS) is 14.3. The van der Waals surface area contributed by atoms with Crippen molar-refractivity contribution >= 4 is 29.1 Å². The van der Waals surface area contributed by atoms with Gasteiger partial charge in [0.1, 0.15) is 5.75 Å². The molecule has 0 atom stereocenters. The molecule has 0 spiro atoms. The number of rotatable bonds is 9. The molecule has 0 bridgehead atoms. The van der Waals surface area contributed by atoms with E-state index >= 15 is 0 Å². The van der Waals surface area contributed by atoms with Crippen LogP contribution in [-0.4, -0.2) is 43.6 Å². The summed E-state index contributed by atoms with van der Waals surface area (Å²) in [7, 11) is 1.55. The van der Waals surface area contributed by atoms with Gasteiger partial charge in [-0.1, -0.05) is 55.9 Å². The second kappa shape index (κ2) is 9.76. The lowest BCUT2D eigenvalue weighted by Crippen LogP contribution is -2.34. The van der Waals surface area contributed by atoms with Gasteiger partial charge in [-0.05, 0) is 35.7 Å². The van der Waals surface area contributed by atoms with Gasteiger partial charge in [0.15, 0.2) is 0 Å². The summed E-state index contributed by atoms with van der Waals surface area (Å²) in [6.07, 6.45) is 0. The lowest BCUT2D eigenvalue weighted by Gasteiger charge is -2.14. The zero-order chi connectivity index (χ0) is 20.8. The topological polar surface area (TPSA) is 55.8 Å². The van der Waals surface area contributed by atoms with E-state index in [1.165, 1.54) is 16.7 Å². The summed E-state index contributed by atoms with van der Waals surface area (Å²) in [5.41, 5.74) is 1.13. The van der Waals surface area contributed by atoms with Crippen LogP contribution in [0.2, 0.25) is 0 Å². The first-order valence-electron chi connectivity index (χ1n) is 9.56. The van der Waals surface area contributed by atoms with Gasteiger partial charge in [0.05, 0.1) is 30.2 Å². The monoisotopic (exact) mass is 411 g/mol. The number of ether oxygens (including phenoxy) is 2. The number of thioether (sulfide) groups is 1. The smallest absolute Gasteiger partial charge is 0.268 e. The maximum absolute atomic E-state index is 13.1. The molecule has 2 aromatic carbocycles. The quantitative estimate of drug-likeness (QED) is 0.578. The second-order valence-electron chi connectivity index (χ2n) is 7.10. The van der Waals surface area contributed by atoms with E-state index in [2.05, 4.69) is 13.8 Å². The SMILES string of the molecule is COCCN1C(=O)C(Sc2ccccc2)=C(c2ccc(OCC(C)C)cc2)C1=O. The summed E-state index contributed by atoms with van der Waals surface area (Å²) >= 11 is 1.32. The molecule has 0 saturated carbocycles. The molecule has 2 aromatic rings. The molecule has 0 N–H and O–H groups in total. The van der Waals surface area contributed by atoms with Crippen LogP contribution in [-0.2, 0) is 14.3 Å². The fraction of sp³-hybridized carbons (Fsp3) is 0.304. The first-order valence-corrected chi connectivity index (χ1v) is 10.4. The Hall–Kier alpha value is -2.57. The van der Waals surface area contributed by atoms with E-state index in [1.807, 2.05) is 54.6 Å². The Morgan fingerprint density at radius 3 is 2.28 bits per heavy atom. The van der Waals surface area contributed by atoms with Crippen molar-refractivity contribution in [2.75, 3.05) is 26.9 Å². The Morgan fingerprint density at radius 1 is 0.966 bits per heavy atom. The molecule has 0 radical (unpaired) electrons. The van der Waals surface area contributed by atoms with Gasteiger partial charge < -0.3 is 9.47 Å². The standard InChI is InChI=1S/C23H25NO4S/c1-16(2)15-28-18-11-9-17(10-12-18)20-21(29-19-7-5-4-6-8-19)23(26)24(22(20)25)13-14-27-3/h4-12,16H,13-15H2,1-3H3. The molecule has 0 aliphatic carbocycles. The van der Waals surface area contributed by atoms with Crippen LogP contribution in [0.25, 0.3) is 5.57 Å². The number of carbonyl (C=O) groups excluding carboxylic acids is 2. The lowest BCUT2D eigenvalue weighted by molar-refractivity contribution is -0.137. The van der Waals surface area contributed by atoms with E-state index in [0.29, 0.717) is 35.2 Å². The number of imide groups is 1. The van der Waals surface area contributed by atoms with E-state index in [-0.39, 0.29) is 18.4 Å². The predicted molar refractivity (Wildman–Crippen MR) is 115 cm³/mol. The largest absolute Gasteiger partial charge is 0.493 e. The van der Waals surface area contributed by atoms with Crippen LogP contribution in [0.15, 0.2) is 64.4 Å². The van der Waals surface area contributed by atoms with Gasteiger partial charge >= 0.3 is 0 Å². The van der Waals surface area contributed by atoms with E-state index < -0.39 is 0 Å². The Balaban J connectivity index is 1.93. The zero-order valence-electron chi connectivity index (χ0n) is 16.9. The molecule has 6 heteroatoms. The van der Waals surface area contributed by atoms with Crippen molar-refractivity contribution in [1.82, 2.24) is 4.90 Å². The minimum absolute atomic E-state index is 0.228. The fourth-order valence-electron chi connectivity index (χ4n) is 2.88. The van der Waals surface area contributed by atoms with Gasteiger partial charge in [-0.25, -0.2) is 0 Å². The predicted octanol–water partition coefficient (Wildman–Crippen LogP) is 4.24. The van der Waals surface area contributed by atoms with Gasteiger partial charge in [0.2, 0.25) is 0 Å². The van der Waals surface area contributed by atoms with E-state index in [4.69, 9.17) is 9.47 Å². The summed E-state index contributed by atoms with van der Waals surface area (Å²) in [5.74, 6) is 0.598. The van der Waals surface area contributed by atoms with Gasteiger partial charge in [-0.15, -0.1) is 0 Å². The third kappa shape index (κ3) is 5.08. The lowest BCUT2D eigenvalue weighted by atomic mass is 10.1. The Kier molecular flexibility index (Phi) is 7.12. The fourth-order valence-corrected chi connectivity index (χ4v) is 3.91. The van der Waals surface area contributed by atoms with Crippen LogP contribution in [0.1, 0.15) is 19.4 Å². The Labute approximate surface area is 175 Å². The highest BCUT2D eigenvalue weighted by Crippen LogP contribution is 2.39. The average Bonchev–Trinajstić information content (AvgIpc) is 2.95. The molecule has 2 amide bonds. The van der Waals surface area contributed by atoms with Crippen molar-refractivity contribution in [3.05, 3.63) is 65.1 Å².